The van der Waals surface area contributed by atoms with E-state index in [1.807, 2.05) is 55.5 Å². The van der Waals surface area contributed by atoms with Crippen LogP contribution in [0.15, 0.2) is 53.1 Å². The van der Waals surface area contributed by atoms with Gasteiger partial charge in [-0.3, -0.25) is 4.79 Å². The number of nitrogens with one attached hydrogen (secondary N) is 1. The van der Waals surface area contributed by atoms with Gasteiger partial charge < -0.3 is 19.3 Å². The summed E-state index contributed by atoms with van der Waals surface area (Å²) in [5.41, 5.74) is 1.86. The first kappa shape index (κ1) is 19.4. The van der Waals surface area contributed by atoms with Crippen LogP contribution in [-0.2, 0) is 17.8 Å². The van der Waals surface area contributed by atoms with Crippen LogP contribution in [0.2, 0.25) is 0 Å². The van der Waals surface area contributed by atoms with Gasteiger partial charge in [-0.1, -0.05) is 30.3 Å². The molecule has 3 rings (SSSR count). The standard InChI is InChI=1S/C21H23N3O4/c1-4-15-7-5-6-8-18(15)27-14(2)21(25)22-13-19-23-20(24-28-19)16-9-11-17(26-3)12-10-16/h5-12,14H,4,13H2,1-3H3,(H,22,25). The van der Waals surface area contributed by atoms with Crippen LogP contribution < -0.4 is 14.8 Å². The number of ether oxygens (including phenoxy) is 2. The molecule has 1 aromatic heterocycles. The molecule has 7 nitrogen and oxygen atoms in total. The summed E-state index contributed by atoms with van der Waals surface area (Å²) in [6.45, 7) is 3.88. The van der Waals surface area contributed by atoms with Crippen LogP contribution in [-0.4, -0.2) is 29.3 Å². The molecule has 3 aromatic rings. The Hall–Kier alpha value is -3.35. The Labute approximate surface area is 163 Å². The second-order valence-electron chi connectivity index (χ2n) is 6.18. The highest BCUT2D eigenvalue weighted by atomic mass is 16.5. The Balaban J connectivity index is 1.56. The van der Waals surface area contributed by atoms with Crippen molar-refractivity contribution in [2.45, 2.75) is 32.9 Å². The average Bonchev–Trinajstić information content (AvgIpc) is 3.21. The molecular weight excluding hydrogens is 358 g/mol. The number of hydrogen-bond donors (Lipinski definition) is 1. The van der Waals surface area contributed by atoms with Crippen molar-refractivity contribution < 1.29 is 18.8 Å². The van der Waals surface area contributed by atoms with Crippen molar-refractivity contribution in [3.63, 3.8) is 0 Å². The van der Waals surface area contributed by atoms with Gasteiger partial charge in [0.05, 0.1) is 13.7 Å². The van der Waals surface area contributed by atoms with Gasteiger partial charge in [-0.05, 0) is 49.2 Å². The predicted molar refractivity (Wildman–Crippen MR) is 104 cm³/mol. The molecule has 1 amide bonds. The topological polar surface area (TPSA) is 86.5 Å². The molecule has 1 atom stereocenters. The van der Waals surface area contributed by atoms with E-state index in [1.165, 1.54) is 0 Å². The minimum absolute atomic E-state index is 0.130. The zero-order chi connectivity index (χ0) is 19.9. The number of aromatic nitrogens is 2. The summed E-state index contributed by atoms with van der Waals surface area (Å²) in [6.07, 6.45) is 0.192. The summed E-state index contributed by atoms with van der Waals surface area (Å²) < 4.78 is 16.1. The summed E-state index contributed by atoms with van der Waals surface area (Å²) in [4.78, 5) is 16.6. The molecule has 0 spiro atoms. The van der Waals surface area contributed by atoms with Gasteiger partial charge >= 0.3 is 0 Å². The summed E-state index contributed by atoms with van der Waals surface area (Å²) in [5.74, 6) is 1.98. The van der Waals surface area contributed by atoms with Crippen LogP contribution in [0.1, 0.15) is 25.3 Å². The van der Waals surface area contributed by atoms with E-state index in [-0.39, 0.29) is 12.5 Å². The number of aryl methyl sites for hydroxylation is 1. The Kier molecular flexibility index (Phi) is 6.26. The third-order valence-electron chi connectivity index (χ3n) is 4.26. The molecule has 0 saturated carbocycles. The molecule has 0 aliphatic carbocycles. The highest BCUT2D eigenvalue weighted by Gasteiger charge is 2.17. The lowest BCUT2D eigenvalue weighted by atomic mass is 10.1. The zero-order valence-corrected chi connectivity index (χ0v) is 16.1. The Morgan fingerprint density at radius 2 is 1.93 bits per heavy atom. The number of methoxy groups -OCH3 is 1. The minimum Gasteiger partial charge on any atom is -0.497 e. The van der Waals surface area contributed by atoms with Crippen molar-refractivity contribution >= 4 is 5.91 Å². The van der Waals surface area contributed by atoms with Gasteiger partial charge in [0.2, 0.25) is 11.7 Å². The summed E-state index contributed by atoms with van der Waals surface area (Å²) >= 11 is 0. The first-order valence-electron chi connectivity index (χ1n) is 9.10. The lowest BCUT2D eigenvalue weighted by Gasteiger charge is -2.16. The van der Waals surface area contributed by atoms with Crippen LogP contribution >= 0.6 is 0 Å². The maximum Gasteiger partial charge on any atom is 0.261 e. The van der Waals surface area contributed by atoms with E-state index in [0.717, 1.165) is 23.3 Å². The quantitative estimate of drug-likeness (QED) is 0.644. The van der Waals surface area contributed by atoms with E-state index in [2.05, 4.69) is 15.5 Å². The predicted octanol–water partition coefficient (Wildman–Crippen LogP) is 3.39. The van der Waals surface area contributed by atoms with Gasteiger partial charge in [0, 0.05) is 5.56 Å². The molecule has 146 valence electrons. The maximum absolute atomic E-state index is 12.3. The number of amides is 1. The maximum atomic E-state index is 12.3. The molecule has 1 unspecified atom stereocenters. The average molecular weight is 381 g/mol. The van der Waals surface area contributed by atoms with Gasteiger partial charge in [-0.25, -0.2) is 0 Å². The normalized spacial score (nSPS) is 11.7. The van der Waals surface area contributed by atoms with E-state index in [1.54, 1.807) is 14.0 Å². The van der Waals surface area contributed by atoms with Crippen LogP contribution in [0.5, 0.6) is 11.5 Å². The van der Waals surface area contributed by atoms with Gasteiger partial charge in [0.25, 0.3) is 5.91 Å². The summed E-state index contributed by atoms with van der Waals surface area (Å²) in [5, 5.41) is 6.70. The third kappa shape index (κ3) is 4.68. The Bertz CT molecular complexity index is 921. The molecule has 0 fully saturated rings. The number of nitrogens with zero attached hydrogens (tertiary/aromatic N) is 2. The van der Waals surface area contributed by atoms with E-state index in [0.29, 0.717) is 17.5 Å². The molecular formula is C21H23N3O4. The van der Waals surface area contributed by atoms with Crippen LogP contribution in [0.3, 0.4) is 0 Å². The van der Waals surface area contributed by atoms with E-state index < -0.39 is 6.10 Å². The molecule has 28 heavy (non-hydrogen) atoms. The number of carbonyl (C=O) groups excluding carboxylic acids is 1. The molecule has 0 aliphatic heterocycles. The molecule has 2 aromatic carbocycles. The fourth-order valence-electron chi connectivity index (χ4n) is 2.65. The number of para-hydroxylation sites is 1. The van der Waals surface area contributed by atoms with Crippen LogP contribution in [0.25, 0.3) is 11.4 Å². The summed E-state index contributed by atoms with van der Waals surface area (Å²) in [6, 6.07) is 15.0. The van der Waals surface area contributed by atoms with Crippen molar-refractivity contribution in [1.82, 2.24) is 15.5 Å². The van der Waals surface area contributed by atoms with Crippen molar-refractivity contribution in [2.24, 2.45) is 0 Å². The number of carbonyl (C=O) groups is 1. The van der Waals surface area contributed by atoms with E-state index in [9.17, 15) is 4.79 Å². The molecule has 0 aliphatic rings. The molecule has 0 bridgehead atoms. The minimum atomic E-state index is -0.642. The van der Waals surface area contributed by atoms with Crippen molar-refractivity contribution in [1.29, 1.82) is 0 Å². The number of rotatable bonds is 8. The second-order valence-corrected chi connectivity index (χ2v) is 6.18. The van der Waals surface area contributed by atoms with Crippen LogP contribution in [0.4, 0.5) is 0 Å². The van der Waals surface area contributed by atoms with Crippen LogP contribution in [0, 0.1) is 0 Å². The Morgan fingerprint density at radius 1 is 1.18 bits per heavy atom. The first-order chi connectivity index (χ1) is 13.6. The number of hydrogen-bond acceptors (Lipinski definition) is 6. The smallest absolute Gasteiger partial charge is 0.261 e. The van der Waals surface area contributed by atoms with E-state index >= 15 is 0 Å². The van der Waals surface area contributed by atoms with Gasteiger partial charge in [-0.15, -0.1) is 0 Å². The molecule has 0 saturated heterocycles. The molecule has 1 N–H and O–H groups in total. The van der Waals surface area contributed by atoms with Gasteiger partial charge in [0.1, 0.15) is 11.5 Å². The summed E-state index contributed by atoms with van der Waals surface area (Å²) in [7, 11) is 1.61. The largest absolute Gasteiger partial charge is 0.497 e. The van der Waals surface area contributed by atoms with Crippen molar-refractivity contribution in [3.05, 3.63) is 60.0 Å². The molecule has 1 heterocycles. The SMILES string of the molecule is CCc1ccccc1OC(C)C(=O)NCc1nc(-c2ccc(OC)cc2)no1. The zero-order valence-electron chi connectivity index (χ0n) is 16.1. The lowest BCUT2D eigenvalue weighted by Crippen LogP contribution is -2.36. The Morgan fingerprint density at radius 3 is 2.64 bits per heavy atom. The fraction of sp³-hybridized carbons (Fsp3) is 0.286. The highest BCUT2D eigenvalue weighted by Crippen LogP contribution is 2.21. The number of benzene rings is 2. The van der Waals surface area contributed by atoms with Crippen molar-refractivity contribution in [2.75, 3.05) is 7.11 Å². The fourth-order valence-corrected chi connectivity index (χ4v) is 2.65. The van der Waals surface area contributed by atoms with E-state index in [4.69, 9.17) is 14.0 Å². The molecule has 0 radical (unpaired) electrons. The van der Waals surface area contributed by atoms with Gasteiger partial charge in [-0.2, -0.15) is 4.98 Å². The first-order valence-corrected chi connectivity index (χ1v) is 9.10. The van der Waals surface area contributed by atoms with Gasteiger partial charge in [0.15, 0.2) is 6.10 Å². The second kappa shape index (κ2) is 9.03. The molecule has 7 heteroatoms. The van der Waals surface area contributed by atoms with Crippen molar-refractivity contribution in [3.8, 4) is 22.9 Å². The monoisotopic (exact) mass is 381 g/mol. The third-order valence-corrected chi connectivity index (χ3v) is 4.26. The lowest BCUT2D eigenvalue weighted by molar-refractivity contribution is -0.127. The highest BCUT2D eigenvalue weighted by molar-refractivity contribution is 5.80.